The SMILES string of the molecule is O=C1C2C3CCC(C3)C2C(=O)N1c1ccc(NC2=CCCC=C2)cc1. The molecule has 1 aromatic rings. The van der Waals surface area contributed by atoms with Crippen molar-refractivity contribution in [3.05, 3.63) is 48.2 Å². The zero-order valence-corrected chi connectivity index (χ0v) is 14.2. The summed E-state index contributed by atoms with van der Waals surface area (Å²) in [7, 11) is 0. The molecule has 5 rings (SSSR count). The third-order valence-corrected chi connectivity index (χ3v) is 6.34. The fourth-order valence-corrected chi connectivity index (χ4v) is 5.23. The highest BCUT2D eigenvalue weighted by atomic mass is 16.2. The van der Waals surface area contributed by atoms with Gasteiger partial charge in [0.05, 0.1) is 17.5 Å². The molecule has 4 aliphatic rings. The smallest absolute Gasteiger partial charge is 0.237 e. The van der Waals surface area contributed by atoms with Crippen molar-refractivity contribution in [3.63, 3.8) is 0 Å². The van der Waals surface area contributed by atoms with Crippen LogP contribution in [0.25, 0.3) is 0 Å². The molecule has 4 nitrogen and oxygen atoms in total. The van der Waals surface area contributed by atoms with E-state index in [9.17, 15) is 9.59 Å². The van der Waals surface area contributed by atoms with Gasteiger partial charge in [0.2, 0.25) is 11.8 Å². The molecule has 2 bridgehead atoms. The van der Waals surface area contributed by atoms with E-state index >= 15 is 0 Å². The summed E-state index contributed by atoms with van der Waals surface area (Å²) < 4.78 is 0. The highest BCUT2D eigenvalue weighted by Gasteiger charge is 2.61. The van der Waals surface area contributed by atoms with E-state index in [0.717, 1.165) is 43.5 Å². The van der Waals surface area contributed by atoms with E-state index in [4.69, 9.17) is 0 Å². The van der Waals surface area contributed by atoms with Crippen LogP contribution in [0.1, 0.15) is 32.1 Å². The van der Waals surface area contributed by atoms with Crippen molar-refractivity contribution in [1.29, 1.82) is 0 Å². The lowest BCUT2D eigenvalue weighted by atomic mass is 9.81. The molecule has 2 saturated carbocycles. The Morgan fingerprint density at radius 3 is 2.20 bits per heavy atom. The van der Waals surface area contributed by atoms with Crippen LogP contribution in [0.5, 0.6) is 0 Å². The number of anilines is 2. The standard InChI is InChI=1S/C21H22N2O2/c24-20-18-13-6-7-14(12-13)19(18)21(25)23(20)17-10-8-16(9-11-17)22-15-4-2-1-3-5-15/h2,4-5,8-11,13-14,18-19,22H,1,3,6-7,12H2. The number of nitrogens with one attached hydrogen (secondary N) is 1. The summed E-state index contributed by atoms with van der Waals surface area (Å²) in [6, 6.07) is 7.66. The molecule has 3 fully saturated rings. The first kappa shape index (κ1) is 14.9. The molecule has 4 heteroatoms. The Balaban J connectivity index is 1.37. The number of benzene rings is 1. The van der Waals surface area contributed by atoms with Crippen LogP contribution in [0.2, 0.25) is 0 Å². The first-order chi connectivity index (χ1) is 12.2. The van der Waals surface area contributed by atoms with Crippen molar-refractivity contribution in [3.8, 4) is 0 Å². The maximum absolute atomic E-state index is 12.9. The van der Waals surface area contributed by atoms with Gasteiger partial charge < -0.3 is 5.32 Å². The molecule has 2 amide bonds. The molecule has 1 N–H and O–H groups in total. The van der Waals surface area contributed by atoms with Gasteiger partial charge in [-0.1, -0.05) is 12.2 Å². The number of allylic oxidation sites excluding steroid dienone is 3. The van der Waals surface area contributed by atoms with Gasteiger partial charge in [-0.2, -0.15) is 0 Å². The number of rotatable bonds is 3. The molecular formula is C21H22N2O2. The minimum atomic E-state index is -0.0541. The molecule has 0 aromatic heterocycles. The summed E-state index contributed by atoms with van der Waals surface area (Å²) in [6.45, 7) is 0. The third kappa shape index (κ3) is 2.27. The molecule has 1 aliphatic heterocycles. The van der Waals surface area contributed by atoms with Gasteiger partial charge in [0, 0.05) is 11.4 Å². The Kier molecular flexibility index (Phi) is 3.34. The van der Waals surface area contributed by atoms with Crippen LogP contribution in [-0.4, -0.2) is 11.8 Å². The van der Waals surface area contributed by atoms with Gasteiger partial charge in [-0.3, -0.25) is 14.5 Å². The molecule has 1 aromatic carbocycles. The number of amides is 2. The molecule has 3 aliphatic carbocycles. The van der Waals surface area contributed by atoms with E-state index in [2.05, 4.69) is 23.5 Å². The number of fused-ring (bicyclic) bond motifs is 5. The number of nitrogens with zero attached hydrogens (tertiary/aromatic N) is 1. The van der Waals surface area contributed by atoms with Crippen molar-refractivity contribution in [1.82, 2.24) is 0 Å². The van der Waals surface area contributed by atoms with Crippen LogP contribution in [0, 0.1) is 23.7 Å². The molecular weight excluding hydrogens is 312 g/mol. The fourth-order valence-electron chi connectivity index (χ4n) is 5.23. The summed E-state index contributed by atoms with van der Waals surface area (Å²) in [5.41, 5.74) is 2.78. The predicted octanol–water partition coefficient (Wildman–Crippen LogP) is 3.87. The first-order valence-electron chi connectivity index (χ1n) is 9.34. The molecule has 0 radical (unpaired) electrons. The topological polar surface area (TPSA) is 49.4 Å². The van der Waals surface area contributed by atoms with Gasteiger partial charge in [-0.15, -0.1) is 0 Å². The number of carbonyl (C=O) groups excluding carboxylic acids is 2. The summed E-state index contributed by atoms with van der Waals surface area (Å²) in [5, 5.41) is 3.37. The minimum absolute atomic E-state index is 0.0285. The van der Waals surface area contributed by atoms with Crippen molar-refractivity contribution in [2.45, 2.75) is 32.1 Å². The van der Waals surface area contributed by atoms with Crippen LogP contribution in [0.4, 0.5) is 11.4 Å². The maximum atomic E-state index is 12.9. The van der Waals surface area contributed by atoms with Gasteiger partial charge in [0.1, 0.15) is 0 Å². The van der Waals surface area contributed by atoms with E-state index in [1.54, 1.807) is 0 Å². The fraction of sp³-hybridized carbons (Fsp3) is 0.429. The van der Waals surface area contributed by atoms with Gasteiger partial charge in [-0.05, 0) is 74.3 Å². The van der Waals surface area contributed by atoms with Gasteiger partial charge in [-0.25, -0.2) is 0 Å². The second-order valence-electron chi connectivity index (χ2n) is 7.71. The molecule has 128 valence electrons. The Bertz CT molecular complexity index is 765. The summed E-state index contributed by atoms with van der Waals surface area (Å²) in [6.07, 6.45) is 11.9. The van der Waals surface area contributed by atoms with E-state index in [-0.39, 0.29) is 23.7 Å². The summed E-state index contributed by atoms with van der Waals surface area (Å²) in [5.74, 6) is 0.815. The van der Waals surface area contributed by atoms with E-state index in [0.29, 0.717) is 17.5 Å². The second kappa shape index (κ2) is 5.58. The number of imide groups is 1. The number of hydrogen-bond donors (Lipinski definition) is 1. The summed E-state index contributed by atoms with van der Waals surface area (Å²) >= 11 is 0. The average Bonchev–Trinajstić information content (AvgIpc) is 3.31. The van der Waals surface area contributed by atoms with Crippen LogP contribution in [0.3, 0.4) is 0 Å². The van der Waals surface area contributed by atoms with Crippen molar-refractivity contribution < 1.29 is 9.59 Å². The average molecular weight is 334 g/mol. The summed E-state index contributed by atoms with van der Waals surface area (Å²) in [4.78, 5) is 27.2. The lowest BCUT2D eigenvalue weighted by molar-refractivity contribution is -0.123. The van der Waals surface area contributed by atoms with Crippen molar-refractivity contribution >= 4 is 23.2 Å². The van der Waals surface area contributed by atoms with E-state index in [1.165, 1.54) is 4.90 Å². The highest BCUT2D eigenvalue weighted by molar-refractivity contribution is 6.22. The van der Waals surface area contributed by atoms with Crippen LogP contribution < -0.4 is 10.2 Å². The van der Waals surface area contributed by atoms with Crippen LogP contribution in [-0.2, 0) is 9.59 Å². The minimum Gasteiger partial charge on any atom is -0.356 e. The van der Waals surface area contributed by atoms with Crippen LogP contribution >= 0.6 is 0 Å². The van der Waals surface area contributed by atoms with E-state index in [1.807, 2.05) is 24.3 Å². The second-order valence-corrected chi connectivity index (χ2v) is 7.71. The van der Waals surface area contributed by atoms with Gasteiger partial charge in [0.25, 0.3) is 0 Å². The Morgan fingerprint density at radius 2 is 1.60 bits per heavy atom. The lowest BCUT2D eigenvalue weighted by Crippen LogP contribution is -2.32. The van der Waals surface area contributed by atoms with E-state index < -0.39 is 0 Å². The molecule has 4 atom stereocenters. The van der Waals surface area contributed by atoms with Gasteiger partial charge >= 0.3 is 0 Å². The van der Waals surface area contributed by atoms with Gasteiger partial charge in [0.15, 0.2) is 0 Å². The first-order valence-corrected chi connectivity index (χ1v) is 9.34. The quantitative estimate of drug-likeness (QED) is 0.854. The van der Waals surface area contributed by atoms with Crippen molar-refractivity contribution in [2.75, 3.05) is 10.2 Å². The Hall–Kier alpha value is -2.36. The lowest BCUT2D eigenvalue weighted by Gasteiger charge is -2.19. The normalized spacial score (nSPS) is 33.0. The monoisotopic (exact) mass is 334 g/mol. The maximum Gasteiger partial charge on any atom is 0.237 e. The molecule has 4 unspecified atom stereocenters. The zero-order valence-electron chi connectivity index (χ0n) is 14.2. The largest absolute Gasteiger partial charge is 0.356 e. The number of hydrogen-bond acceptors (Lipinski definition) is 3. The third-order valence-electron chi connectivity index (χ3n) is 6.34. The molecule has 1 saturated heterocycles. The molecule has 1 heterocycles. The molecule has 0 spiro atoms. The Labute approximate surface area is 147 Å². The van der Waals surface area contributed by atoms with Crippen LogP contribution in [0.15, 0.2) is 48.2 Å². The highest BCUT2D eigenvalue weighted by Crippen LogP contribution is 2.56. The Morgan fingerprint density at radius 1 is 0.920 bits per heavy atom. The molecule has 25 heavy (non-hydrogen) atoms. The van der Waals surface area contributed by atoms with Crippen molar-refractivity contribution in [2.24, 2.45) is 23.7 Å². The predicted molar refractivity (Wildman–Crippen MR) is 96.8 cm³/mol. The number of carbonyl (C=O) groups is 2. The zero-order chi connectivity index (χ0) is 17.0.